The lowest BCUT2D eigenvalue weighted by atomic mass is 10.1. The minimum atomic E-state index is -4.72. The van der Waals surface area contributed by atoms with Gasteiger partial charge in [-0.25, -0.2) is 0 Å². The third-order valence-electron chi connectivity index (χ3n) is 1.75. The molecule has 0 saturated carbocycles. The molecule has 1 rings (SSSR count). The SMILES string of the molecule is Cc1cccc(OC(F)(F)F)c1CO. The monoisotopic (exact) mass is 206 g/mol. The van der Waals surface area contributed by atoms with Gasteiger partial charge in [-0.2, -0.15) is 0 Å². The predicted octanol–water partition coefficient (Wildman–Crippen LogP) is 2.39. The molecule has 2 nitrogen and oxygen atoms in total. The summed E-state index contributed by atoms with van der Waals surface area (Å²) in [7, 11) is 0. The maximum Gasteiger partial charge on any atom is 0.573 e. The molecule has 78 valence electrons. The Morgan fingerprint density at radius 3 is 2.50 bits per heavy atom. The van der Waals surface area contributed by atoms with Crippen LogP contribution in [0.25, 0.3) is 0 Å². The number of hydrogen-bond acceptors (Lipinski definition) is 2. The number of rotatable bonds is 2. The molecule has 0 atom stereocenters. The Morgan fingerprint density at radius 1 is 1.36 bits per heavy atom. The van der Waals surface area contributed by atoms with Crippen molar-refractivity contribution in [3.05, 3.63) is 29.3 Å². The number of alkyl halides is 3. The van der Waals surface area contributed by atoms with E-state index >= 15 is 0 Å². The van der Waals surface area contributed by atoms with E-state index in [1.54, 1.807) is 13.0 Å². The van der Waals surface area contributed by atoms with Gasteiger partial charge in [-0.3, -0.25) is 0 Å². The smallest absolute Gasteiger partial charge is 0.405 e. The normalized spacial score (nSPS) is 11.5. The lowest BCUT2D eigenvalue weighted by Gasteiger charge is -2.13. The lowest BCUT2D eigenvalue weighted by molar-refractivity contribution is -0.275. The van der Waals surface area contributed by atoms with Crippen molar-refractivity contribution in [3.63, 3.8) is 0 Å². The summed E-state index contributed by atoms with van der Waals surface area (Å²) in [6.07, 6.45) is -4.72. The van der Waals surface area contributed by atoms with Crippen molar-refractivity contribution in [1.82, 2.24) is 0 Å². The van der Waals surface area contributed by atoms with Crippen LogP contribution in [-0.4, -0.2) is 11.5 Å². The number of halogens is 3. The van der Waals surface area contributed by atoms with Crippen molar-refractivity contribution >= 4 is 0 Å². The van der Waals surface area contributed by atoms with Crippen molar-refractivity contribution in [3.8, 4) is 5.75 Å². The number of benzene rings is 1. The second-order valence-electron chi connectivity index (χ2n) is 2.76. The number of aliphatic hydroxyl groups is 1. The van der Waals surface area contributed by atoms with E-state index in [9.17, 15) is 13.2 Å². The molecule has 0 radical (unpaired) electrons. The lowest BCUT2D eigenvalue weighted by Crippen LogP contribution is -2.18. The van der Waals surface area contributed by atoms with Gasteiger partial charge >= 0.3 is 6.36 Å². The van der Waals surface area contributed by atoms with Gasteiger partial charge in [0.05, 0.1) is 6.61 Å². The molecule has 0 fully saturated rings. The maximum absolute atomic E-state index is 11.9. The Hall–Kier alpha value is -1.23. The summed E-state index contributed by atoms with van der Waals surface area (Å²) in [6.45, 7) is 1.13. The highest BCUT2D eigenvalue weighted by Gasteiger charge is 2.32. The summed E-state index contributed by atoms with van der Waals surface area (Å²) in [5.41, 5.74) is 0.721. The van der Waals surface area contributed by atoms with Crippen LogP contribution in [0, 0.1) is 6.92 Å². The van der Waals surface area contributed by atoms with E-state index in [-0.39, 0.29) is 11.3 Å². The molecule has 1 aromatic carbocycles. The molecule has 0 unspecified atom stereocenters. The van der Waals surface area contributed by atoms with Gasteiger partial charge in [-0.1, -0.05) is 12.1 Å². The second kappa shape index (κ2) is 3.88. The molecule has 1 aromatic rings. The van der Waals surface area contributed by atoms with E-state index in [4.69, 9.17) is 5.11 Å². The second-order valence-corrected chi connectivity index (χ2v) is 2.76. The van der Waals surface area contributed by atoms with Crippen molar-refractivity contribution in [1.29, 1.82) is 0 Å². The van der Waals surface area contributed by atoms with Crippen LogP contribution >= 0.6 is 0 Å². The molecule has 1 N–H and O–H groups in total. The van der Waals surface area contributed by atoms with E-state index in [2.05, 4.69) is 4.74 Å². The van der Waals surface area contributed by atoms with Crippen LogP contribution in [-0.2, 0) is 6.61 Å². The summed E-state index contributed by atoms with van der Waals surface area (Å²) >= 11 is 0. The predicted molar refractivity (Wildman–Crippen MR) is 43.8 cm³/mol. The third-order valence-corrected chi connectivity index (χ3v) is 1.75. The molecule has 0 heterocycles. The van der Waals surface area contributed by atoms with Gasteiger partial charge in [0.2, 0.25) is 0 Å². The fraction of sp³-hybridized carbons (Fsp3) is 0.333. The van der Waals surface area contributed by atoms with E-state index in [1.165, 1.54) is 12.1 Å². The molecule has 5 heteroatoms. The zero-order valence-electron chi connectivity index (χ0n) is 7.43. The fourth-order valence-corrected chi connectivity index (χ4v) is 1.10. The molecule has 0 aliphatic carbocycles. The first-order chi connectivity index (χ1) is 6.44. The van der Waals surface area contributed by atoms with Crippen LogP contribution < -0.4 is 4.74 Å². The summed E-state index contributed by atoms with van der Waals surface area (Å²) in [4.78, 5) is 0. The van der Waals surface area contributed by atoms with Crippen molar-refractivity contribution in [2.75, 3.05) is 0 Å². The standard InChI is InChI=1S/C9H9F3O2/c1-6-3-2-4-8(7(6)5-13)14-9(10,11)12/h2-4,13H,5H2,1H3. The van der Waals surface area contributed by atoms with Crippen molar-refractivity contribution in [2.24, 2.45) is 0 Å². The van der Waals surface area contributed by atoms with Crippen LogP contribution in [0.15, 0.2) is 18.2 Å². The summed E-state index contributed by atoms with van der Waals surface area (Å²) in [5.74, 6) is -0.347. The molecule has 0 saturated heterocycles. The third kappa shape index (κ3) is 2.63. The van der Waals surface area contributed by atoms with E-state index < -0.39 is 13.0 Å². The van der Waals surface area contributed by atoms with Crippen LogP contribution in [0.1, 0.15) is 11.1 Å². The van der Waals surface area contributed by atoms with Crippen LogP contribution in [0.5, 0.6) is 5.75 Å². The quantitative estimate of drug-likeness (QED) is 0.804. The van der Waals surface area contributed by atoms with Crippen LogP contribution in [0.4, 0.5) is 13.2 Å². The Morgan fingerprint density at radius 2 is 2.00 bits per heavy atom. The van der Waals surface area contributed by atoms with Gasteiger partial charge in [-0.15, -0.1) is 13.2 Å². The minimum Gasteiger partial charge on any atom is -0.405 e. The number of ether oxygens (including phenoxy) is 1. The maximum atomic E-state index is 11.9. The van der Waals surface area contributed by atoms with Gasteiger partial charge in [0.25, 0.3) is 0 Å². The van der Waals surface area contributed by atoms with Gasteiger partial charge in [0.1, 0.15) is 5.75 Å². The minimum absolute atomic E-state index is 0.157. The summed E-state index contributed by atoms with van der Waals surface area (Å²) in [5, 5.41) is 8.85. The highest BCUT2D eigenvalue weighted by atomic mass is 19.4. The molecular weight excluding hydrogens is 197 g/mol. The molecule has 14 heavy (non-hydrogen) atoms. The molecule has 0 spiro atoms. The summed E-state index contributed by atoms with van der Waals surface area (Å²) in [6, 6.07) is 4.22. The highest BCUT2D eigenvalue weighted by Crippen LogP contribution is 2.28. The molecule has 0 aliphatic heterocycles. The average molecular weight is 206 g/mol. The molecule has 0 aliphatic rings. The van der Waals surface area contributed by atoms with Crippen molar-refractivity contribution in [2.45, 2.75) is 19.9 Å². The largest absolute Gasteiger partial charge is 0.573 e. The Labute approximate surface area is 78.9 Å². The van der Waals surface area contributed by atoms with Gasteiger partial charge in [0.15, 0.2) is 0 Å². The molecule has 0 amide bonds. The first-order valence-electron chi connectivity index (χ1n) is 3.89. The zero-order chi connectivity index (χ0) is 10.8. The van der Waals surface area contributed by atoms with E-state index in [1.807, 2.05) is 0 Å². The Kier molecular flexibility index (Phi) is 3.00. The van der Waals surface area contributed by atoms with E-state index in [0.29, 0.717) is 5.56 Å². The topological polar surface area (TPSA) is 29.5 Å². The summed E-state index contributed by atoms with van der Waals surface area (Å²) < 4.78 is 39.4. The van der Waals surface area contributed by atoms with Crippen LogP contribution in [0.2, 0.25) is 0 Å². The van der Waals surface area contributed by atoms with Crippen LogP contribution in [0.3, 0.4) is 0 Å². The van der Waals surface area contributed by atoms with Gasteiger partial charge in [0, 0.05) is 5.56 Å². The first-order valence-corrected chi connectivity index (χ1v) is 3.89. The first kappa shape index (κ1) is 10.8. The highest BCUT2D eigenvalue weighted by molar-refractivity contribution is 5.39. The molecule has 0 aromatic heterocycles. The fourth-order valence-electron chi connectivity index (χ4n) is 1.10. The Bertz CT molecular complexity index is 320. The Balaban J connectivity index is 3.02. The zero-order valence-corrected chi connectivity index (χ0v) is 7.43. The molecule has 0 bridgehead atoms. The number of hydrogen-bond donors (Lipinski definition) is 1. The number of aryl methyl sites for hydroxylation is 1. The average Bonchev–Trinajstić information content (AvgIpc) is 2.01. The van der Waals surface area contributed by atoms with E-state index in [0.717, 1.165) is 0 Å². The van der Waals surface area contributed by atoms with Gasteiger partial charge in [-0.05, 0) is 18.6 Å². The van der Waals surface area contributed by atoms with Crippen molar-refractivity contribution < 1.29 is 23.0 Å². The van der Waals surface area contributed by atoms with Gasteiger partial charge < -0.3 is 9.84 Å². The molecular formula is C9H9F3O2. The number of aliphatic hydroxyl groups excluding tert-OH is 1.